The molecule has 0 saturated carbocycles. The summed E-state index contributed by atoms with van der Waals surface area (Å²) in [6.45, 7) is -0.120. The van der Waals surface area contributed by atoms with Gasteiger partial charge in [0.15, 0.2) is 6.61 Å². The molecule has 1 amide bonds. The van der Waals surface area contributed by atoms with Crippen molar-refractivity contribution in [2.75, 3.05) is 11.9 Å². The van der Waals surface area contributed by atoms with Gasteiger partial charge in [0, 0.05) is 16.8 Å². The molecule has 0 radical (unpaired) electrons. The summed E-state index contributed by atoms with van der Waals surface area (Å²) < 4.78 is 0. The molecule has 2 aliphatic rings. The average Bonchev–Trinajstić information content (AvgIpc) is 3.31. The van der Waals surface area contributed by atoms with E-state index in [4.69, 9.17) is 4.84 Å². The van der Waals surface area contributed by atoms with Crippen LogP contribution in [-0.4, -0.2) is 18.2 Å². The van der Waals surface area contributed by atoms with E-state index in [1.165, 1.54) is 17.5 Å². The van der Waals surface area contributed by atoms with Crippen LogP contribution in [0, 0.1) is 0 Å². The molecule has 2 aliphatic carbocycles. The SMILES string of the molecule is O=C(CON=C1c2ccccc2-c2ccccc21)Nc1ccc2c(c1)CCC2. The van der Waals surface area contributed by atoms with Gasteiger partial charge in [-0.2, -0.15) is 0 Å². The summed E-state index contributed by atoms with van der Waals surface area (Å²) >= 11 is 0. The molecule has 0 spiro atoms. The van der Waals surface area contributed by atoms with Gasteiger partial charge in [0.25, 0.3) is 5.91 Å². The molecule has 0 aromatic heterocycles. The lowest BCUT2D eigenvalue weighted by atomic mass is 10.1. The third-order valence-corrected chi connectivity index (χ3v) is 5.39. The first-order valence-corrected chi connectivity index (χ1v) is 9.60. The predicted molar refractivity (Wildman–Crippen MR) is 111 cm³/mol. The Hall–Kier alpha value is -3.40. The second kappa shape index (κ2) is 6.97. The molecule has 0 atom stereocenters. The second-order valence-corrected chi connectivity index (χ2v) is 7.19. The molecule has 0 heterocycles. The number of rotatable bonds is 4. The smallest absolute Gasteiger partial charge is 0.265 e. The van der Waals surface area contributed by atoms with Crippen molar-refractivity contribution in [3.8, 4) is 11.1 Å². The number of carbonyl (C=O) groups is 1. The summed E-state index contributed by atoms with van der Waals surface area (Å²) in [6.07, 6.45) is 3.41. The summed E-state index contributed by atoms with van der Waals surface area (Å²) in [5.41, 5.74) is 8.66. The number of nitrogens with zero attached hydrogens (tertiary/aromatic N) is 1. The minimum absolute atomic E-state index is 0.120. The molecule has 3 aromatic rings. The van der Waals surface area contributed by atoms with Gasteiger partial charge in [-0.1, -0.05) is 59.8 Å². The first kappa shape index (κ1) is 16.8. The zero-order chi connectivity index (χ0) is 18.9. The van der Waals surface area contributed by atoms with E-state index in [-0.39, 0.29) is 12.5 Å². The van der Waals surface area contributed by atoms with Crippen LogP contribution < -0.4 is 5.32 Å². The van der Waals surface area contributed by atoms with Crippen LogP contribution in [0.25, 0.3) is 11.1 Å². The van der Waals surface area contributed by atoms with Crippen molar-refractivity contribution < 1.29 is 9.63 Å². The molecule has 5 rings (SSSR count). The molecule has 4 heteroatoms. The summed E-state index contributed by atoms with van der Waals surface area (Å²) in [5.74, 6) is -0.207. The van der Waals surface area contributed by atoms with E-state index < -0.39 is 0 Å². The Morgan fingerprint density at radius 3 is 2.21 bits per heavy atom. The Labute approximate surface area is 163 Å². The predicted octanol–water partition coefficient (Wildman–Crippen LogP) is 4.56. The van der Waals surface area contributed by atoms with Gasteiger partial charge < -0.3 is 10.2 Å². The number of fused-ring (bicyclic) bond motifs is 4. The minimum Gasteiger partial charge on any atom is -0.385 e. The number of aryl methyl sites for hydroxylation is 2. The maximum Gasteiger partial charge on any atom is 0.265 e. The van der Waals surface area contributed by atoms with Gasteiger partial charge in [0.1, 0.15) is 5.71 Å². The van der Waals surface area contributed by atoms with Gasteiger partial charge in [-0.05, 0) is 53.6 Å². The molecule has 0 fully saturated rings. The van der Waals surface area contributed by atoms with E-state index in [1.807, 2.05) is 42.5 Å². The van der Waals surface area contributed by atoms with E-state index in [0.717, 1.165) is 46.5 Å². The Morgan fingerprint density at radius 1 is 0.857 bits per heavy atom. The third-order valence-electron chi connectivity index (χ3n) is 5.39. The number of nitrogens with one attached hydrogen (secondary N) is 1. The van der Waals surface area contributed by atoms with Crippen LogP contribution in [-0.2, 0) is 22.5 Å². The van der Waals surface area contributed by atoms with E-state index in [9.17, 15) is 4.79 Å². The Bertz CT molecular complexity index is 1050. The maximum absolute atomic E-state index is 12.3. The Kier molecular flexibility index (Phi) is 4.17. The zero-order valence-electron chi connectivity index (χ0n) is 15.4. The van der Waals surface area contributed by atoms with Gasteiger partial charge in [0.2, 0.25) is 0 Å². The van der Waals surface area contributed by atoms with E-state index >= 15 is 0 Å². The fraction of sp³-hybridized carbons (Fsp3) is 0.167. The molecule has 138 valence electrons. The topological polar surface area (TPSA) is 50.7 Å². The van der Waals surface area contributed by atoms with Crippen LogP contribution in [0.5, 0.6) is 0 Å². The minimum atomic E-state index is -0.207. The lowest BCUT2D eigenvalue weighted by Crippen LogP contribution is -2.17. The fourth-order valence-electron chi connectivity index (χ4n) is 4.09. The zero-order valence-corrected chi connectivity index (χ0v) is 15.4. The monoisotopic (exact) mass is 368 g/mol. The molecule has 1 N–H and O–H groups in total. The van der Waals surface area contributed by atoms with Crippen molar-refractivity contribution in [2.45, 2.75) is 19.3 Å². The molecular weight excluding hydrogens is 348 g/mol. The highest BCUT2D eigenvalue weighted by molar-refractivity contribution is 6.24. The first-order valence-electron chi connectivity index (χ1n) is 9.60. The fourth-order valence-corrected chi connectivity index (χ4v) is 4.09. The molecule has 4 nitrogen and oxygen atoms in total. The molecular formula is C24H20N2O2. The number of oxime groups is 1. The van der Waals surface area contributed by atoms with Gasteiger partial charge in [-0.3, -0.25) is 4.79 Å². The van der Waals surface area contributed by atoms with Gasteiger partial charge in [-0.25, -0.2) is 0 Å². The molecule has 0 saturated heterocycles. The highest BCUT2D eigenvalue weighted by atomic mass is 16.6. The van der Waals surface area contributed by atoms with Crippen LogP contribution in [0.1, 0.15) is 28.7 Å². The highest BCUT2D eigenvalue weighted by Gasteiger charge is 2.24. The molecule has 0 bridgehead atoms. The van der Waals surface area contributed by atoms with Crippen LogP contribution in [0.2, 0.25) is 0 Å². The number of anilines is 1. The number of benzene rings is 3. The van der Waals surface area contributed by atoms with Crippen LogP contribution in [0.15, 0.2) is 71.9 Å². The normalized spacial score (nSPS) is 13.5. The molecule has 3 aromatic carbocycles. The van der Waals surface area contributed by atoms with Gasteiger partial charge in [0.05, 0.1) is 0 Å². The summed E-state index contributed by atoms with van der Waals surface area (Å²) in [7, 11) is 0. The van der Waals surface area contributed by atoms with Crippen molar-refractivity contribution in [3.05, 3.63) is 89.0 Å². The van der Waals surface area contributed by atoms with Crippen molar-refractivity contribution in [2.24, 2.45) is 5.16 Å². The van der Waals surface area contributed by atoms with Gasteiger partial charge in [-0.15, -0.1) is 0 Å². The number of hydrogen-bond acceptors (Lipinski definition) is 3. The summed E-state index contributed by atoms with van der Waals surface area (Å²) in [5, 5.41) is 7.20. The molecule has 28 heavy (non-hydrogen) atoms. The number of hydrogen-bond donors (Lipinski definition) is 1. The largest absolute Gasteiger partial charge is 0.385 e. The van der Waals surface area contributed by atoms with Crippen LogP contribution in [0.3, 0.4) is 0 Å². The quantitative estimate of drug-likeness (QED) is 0.537. The second-order valence-electron chi connectivity index (χ2n) is 7.19. The Morgan fingerprint density at radius 2 is 1.50 bits per heavy atom. The van der Waals surface area contributed by atoms with Crippen LogP contribution in [0.4, 0.5) is 5.69 Å². The standard InChI is InChI=1S/C24H20N2O2/c27-23(25-18-13-12-16-6-5-7-17(16)14-18)15-28-26-24-21-10-3-1-8-19(21)20-9-2-4-11-22(20)24/h1-4,8-14H,5-7,15H2,(H,25,27). The molecule has 0 aliphatic heterocycles. The number of amides is 1. The summed E-state index contributed by atoms with van der Waals surface area (Å²) in [4.78, 5) is 17.7. The Balaban J connectivity index is 1.30. The van der Waals surface area contributed by atoms with Crippen molar-refractivity contribution in [1.82, 2.24) is 0 Å². The van der Waals surface area contributed by atoms with Crippen molar-refractivity contribution in [3.63, 3.8) is 0 Å². The number of carbonyl (C=O) groups excluding carboxylic acids is 1. The highest BCUT2D eigenvalue weighted by Crippen LogP contribution is 2.36. The maximum atomic E-state index is 12.3. The van der Waals surface area contributed by atoms with E-state index in [0.29, 0.717) is 0 Å². The summed E-state index contributed by atoms with van der Waals surface area (Å²) in [6, 6.07) is 22.4. The molecule has 0 unspecified atom stereocenters. The van der Waals surface area contributed by atoms with Gasteiger partial charge >= 0.3 is 0 Å². The third kappa shape index (κ3) is 2.97. The van der Waals surface area contributed by atoms with E-state index in [1.54, 1.807) is 0 Å². The van der Waals surface area contributed by atoms with Crippen LogP contribution >= 0.6 is 0 Å². The lowest BCUT2D eigenvalue weighted by molar-refractivity contribution is -0.120. The van der Waals surface area contributed by atoms with E-state index in [2.05, 4.69) is 34.7 Å². The van der Waals surface area contributed by atoms with Crippen molar-refractivity contribution in [1.29, 1.82) is 0 Å². The average molecular weight is 368 g/mol. The lowest BCUT2D eigenvalue weighted by Gasteiger charge is -2.07. The first-order chi connectivity index (χ1) is 13.8. The van der Waals surface area contributed by atoms with Crippen molar-refractivity contribution >= 4 is 17.3 Å².